The summed E-state index contributed by atoms with van der Waals surface area (Å²) < 4.78 is 25.6. The van der Waals surface area contributed by atoms with Crippen LogP contribution in [0.2, 0.25) is 0 Å². The van der Waals surface area contributed by atoms with Crippen LogP contribution in [0, 0.1) is 19.7 Å². The van der Waals surface area contributed by atoms with Gasteiger partial charge in [-0.15, -0.1) is 0 Å². The smallest absolute Gasteiger partial charge is 0.213 e. The fourth-order valence-corrected chi connectivity index (χ4v) is 3.49. The summed E-state index contributed by atoms with van der Waals surface area (Å²) in [7, 11) is 1.54. The lowest BCUT2D eigenvalue weighted by Gasteiger charge is -2.36. The van der Waals surface area contributed by atoms with E-state index in [-0.39, 0.29) is 18.0 Å². The maximum atomic E-state index is 14.3. The largest absolute Gasteiger partial charge is 0.489 e. The van der Waals surface area contributed by atoms with E-state index in [0.717, 1.165) is 43.1 Å². The van der Waals surface area contributed by atoms with Crippen molar-refractivity contribution in [3.05, 3.63) is 47.2 Å². The monoisotopic (exact) mass is 359 g/mol. The second-order valence-corrected chi connectivity index (χ2v) is 6.86. The van der Waals surface area contributed by atoms with Gasteiger partial charge in [0.05, 0.1) is 18.8 Å². The lowest BCUT2D eigenvalue weighted by molar-refractivity contribution is 0.0634. The Hall–Kier alpha value is -2.21. The van der Waals surface area contributed by atoms with E-state index in [4.69, 9.17) is 9.47 Å². The Morgan fingerprint density at radius 3 is 2.62 bits per heavy atom. The van der Waals surface area contributed by atoms with Crippen molar-refractivity contribution in [3.63, 3.8) is 0 Å². The molecule has 1 aliphatic heterocycles. The number of pyridine rings is 2. The molecule has 0 aliphatic carbocycles. The first-order valence-electron chi connectivity index (χ1n) is 9.02. The number of piperidine rings is 1. The van der Waals surface area contributed by atoms with Crippen molar-refractivity contribution in [1.82, 2.24) is 14.9 Å². The molecule has 0 N–H and O–H groups in total. The molecule has 0 amide bonds. The van der Waals surface area contributed by atoms with Crippen LogP contribution < -0.4 is 9.47 Å². The Morgan fingerprint density at radius 2 is 1.92 bits per heavy atom. The van der Waals surface area contributed by atoms with E-state index in [1.165, 1.54) is 13.2 Å². The van der Waals surface area contributed by atoms with Crippen molar-refractivity contribution in [2.24, 2.45) is 0 Å². The van der Waals surface area contributed by atoms with E-state index in [1.54, 1.807) is 6.07 Å². The van der Waals surface area contributed by atoms with Gasteiger partial charge in [0.15, 0.2) is 0 Å². The molecule has 1 saturated heterocycles. The van der Waals surface area contributed by atoms with Crippen molar-refractivity contribution >= 4 is 0 Å². The Kier molecular flexibility index (Phi) is 5.71. The fourth-order valence-electron chi connectivity index (χ4n) is 3.49. The minimum atomic E-state index is -0.304. The molecule has 26 heavy (non-hydrogen) atoms. The minimum absolute atomic E-state index is 0.0704. The SMILES string of the molecule is COc1ccc(F)c(C(C)N2CCCC(Oc3cc(C)nc(C)c3)C2)n1. The number of aryl methyl sites for hydroxylation is 2. The highest BCUT2D eigenvalue weighted by molar-refractivity contribution is 5.26. The summed E-state index contributed by atoms with van der Waals surface area (Å²) >= 11 is 0. The summed E-state index contributed by atoms with van der Waals surface area (Å²) in [6.45, 7) is 7.54. The molecule has 0 radical (unpaired) electrons. The lowest BCUT2D eigenvalue weighted by Crippen LogP contribution is -2.42. The van der Waals surface area contributed by atoms with Gasteiger partial charge in [0, 0.05) is 36.1 Å². The van der Waals surface area contributed by atoms with Crippen molar-refractivity contribution in [3.8, 4) is 11.6 Å². The number of methoxy groups -OCH3 is 1. The van der Waals surface area contributed by atoms with E-state index >= 15 is 0 Å². The minimum Gasteiger partial charge on any atom is -0.489 e. The third-order valence-electron chi connectivity index (χ3n) is 4.77. The number of likely N-dealkylation sites (tertiary alicyclic amines) is 1. The molecule has 0 aromatic carbocycles. The van der Waals surface area contributed by atoms with Crippen molar-refractivity contribution in [2.75, 3.05) is 20.2 Å². The van der Waals surface area contributed by atoms with E-state index in [0.29, 0.717) is 11.6 Å². The summed E-state index contributed by atoms with van der Waals surface area (Å²) in [5, 5.41) is 0. The summed E-state index contributed by atoms with van der Waals surface area (Å²) in [6.07, 6.45) is 2.06. The van der Waals surface area contributed by atoms with Gasteiger partial charge >= 0.3 is 0 Å². The van der Waals surface area contributed by atoms with E-state index in [2.05, 4.69) is 14.9 Å². The van der Waals surface area contributed by atoms with Crippen molar-refractivity contribution < 1.29 is 13.9 Å². The van der Waals surface area contributed by atoms with Crippen LogP contribution in [0.1, 0.15) is 42.9 Å². The lowest BCUT2D eigenvalue weighted by atomic mass is 10.0. The molecule has 1 aliphatic rings. The number of hydrogen-bond donors (Lipinski definition) is 0. The fraction of sp³-hybridized carbons (Fsp3) is 0.500. The van der Waals surface area contributed by atoms with E-state index in [9.17, 15) is 4.39 Å². The molecule has 0 spiro atoms. The van der Waals surface area contributed by atoms with Gasteiger partial charge in [0.2, 0.25) is 5.88 Å². The molecule has 1 fully saturated rings. The van der Waals surface area contributed by atoms with Crippen LogP contribution in [0.4, 0.5) is 4.39 Å². The summed E-state index contributed by atoms with van der Waals surface area (Å²) in [5.74, 6) is 0.975. The Bertz CT molecular complexity index is 748. The maximum absolute atomic E-state index is 14.3. The van der Waals surface area contributed by atoms with Crippen molar-refractivity contribution in [2.45, 2.75) is 45.8 Å². The van der Waals surface area contributed by atoms with Gasteiger partial charge in [-0.25, -0.2) is 9.37 Å². The zero-order chi connectivity index (χ0) is 18.7. The highest BCUT2D eigenvalue weighted by atomic mass is 19.1. The molecule has 2 unspecified atom stereocenters. The third-order valence-corrected chi connectivity index (χ3v) is 4.77. The number of rotatable bonds is 5. The van der Waals surface area contributed by atoms with Crippen LogP contribution in [0.25, 0.3) is 0 Å². The topological polar surface area (TPSA) is 47.5 Å². The molecule has 3 rings (SSSR count). The molecule has 2 aromatic heterocycles. The van der Waals surface area contributed by atoms with E-state index < -0.39 is 0 Å². The molecular weight excluding hydrogens is 333 g/mol. The highest BCUT2D eigenvalue weighted by Crippen LogP contribution is 2.28. The summed E-state index contributed by atoms with van der Waals surface area (Å²) in [5.41, 5.74) is 2.31. The van der Waals surface area contributed by atoms with Crippen LogP contribution in [0.15, 0.2) is 24.3 Å². The van der Waals surface area contributed by atoms with Crippen LogP contribution >= 0.6 is 0 Å². The average Bonchev–Trinajstić information content (AvgIpc) is 2.61. The first-order valence-corrected chi connectivity index (χ1v) is 9.02. The van der Waals surface area contributed by atoms with Gasteiger partial charge in [-0.3, -0.25) is 9.88 Å². The normalized spacial score (nSPS) is 19.2. The second kappa shape index (κ2) is 7.99. The van der Waals surface area contributed by atoms with Crippen LogP contribution in [-0.2, 0) is 0 Å². The molecule has 2 atom stereocenters. The zero-order valence-electron chi connectivity index (χ0n) is 15.8. The quantitative estimate of drug-likeness (QED) is 0.812. The second-order valence-electron chi connectivity index (χ2n) is 6.86. The maximum Gasteiger partial charge on any atom is 0.213 e. The molecule has 5 nitrogen and oxygen atoms in total. The van der Waals surface area contributed by atoms with E-state index in [1.807, 2.05) is 32.9 Å². The Labute approximate surface area is 154 Å². The van der Waals surface area contributed by atoms with Gasteiger partial charge in [0.1, 0.15) is 17.7 Å². The summed E-state index contributed by atoms with van der Waals surface area (Å²) in [6, 6.07) is 6.73. The standard InChI is InChI=1S/C20H26FN3O2/c1-13-10-17(11-14(2)22-13)26-16-6-5-9-24(12-16)15(3)20-18(21)7-8-19(23-20)25-4/h7-8,10-11,15-16H,5-6,9,12H2,1-4H3. The number of halogens is 1. The summed E-state index contributed by atoms with van der Waals surface area (Å²) in [4.78, 5) is 10.9. The molecular formula is C20H26FN3O2. The van der Waals surface area contributed by atoms with Crippen LogP contribution in [0.3, 0.4) is 0 Å². The van der Waals surface area contributed by atoms with Crippen LogP contribution in [0.5, 0.6) is 11.6 Å². The molecule has 0 bridgehead atoms. The highest BCUT2D eigenvalue weighted by Gasteiger charge is 2.28. The van der Waals surface area contributed by atoms with Gasteiger partial charge in [0.25, 0.3) is 0 Å². The zero-order valence-corrected chi connectivity index (χ0v) is 15.8. The number of aromatic nitrogens is 2. The molecule has 3 heterocycles. The van der Waals surface area contributed by atoms with Gasteiger partial charge < -0.3 is 9.47 Å². The first-order chi connectivity index (χ1) is 12.5. The number of hydrogen-bond acceptors (Lipinski definition) is 5. The average molecular weight is 359 g/mol. The molecule has 6 heteroatoms. The number of ether oxygens (including phenoxy) is 2. The third kappa shape index (κ3) is 4.30. The predicted octanol–water partition coefficient (Wildman–Crippen LogP) is 3.85. The Balaban J connectivity index is 1.71. The molecule has 140 valence electrons. The molecule has 0 saturated carbocycles. The molecule has 2 aromatic rings. The van der Waals surface area contributed by atoms with Crippen molar-refractivity contribution in [1.29, 1.82) is 0 Å². The number of nitrogens with zero attached hydrogens (tertiary/aromatic N) is 3. The first kappa shape index (κ1) is 18.6. The van der Waals surface area contributed by atoms with Gasteiger partial charge in [-0.2, -0.15) is 0 Å². The van der Waals surface area contributed by atoms with Crippen LogP contribution in [-0.4, -0.2) is 41.2 Å². The van der Waals surface area contributed by atoms with Gasteiger partial charge in [-0.05, 0) is 46.2 Å². The Morgan fingerprint density at radius 1 is 1.19 bits per heavy atom. The van der Waals surface area contributed by atoms with Gasteiger partial charge in [-0.1, -0.05) is 0 Å². The predicted molar refractivity (Wildman–Crippen MR) is 98.1 cm³/mol.